The Morgan fingerprint density at radius 2 is 1.52 bits per heavy atom. The van der Waals surface area contributed by atoms with Gasteiger partial charge in [-0.15, -0.1) is 0 Å². The minimum Gasteiger partial charge on any atom is -0.258 e. The summed E-state index contributed by atoms with van der Waals surface area (Å²) in [6.07, 6.45) is 1.92. The highest BCUT2D eigenvalue weighted by atomic mass is 35.5. The van der Waals surface area contributed by atoms with Crippen LogP contribution >= 0.6 is 11.6 Å². The molecular weight excluding hydrogens is 362 g/mol. The third-order valence-corrected chi connectivity index (χ3v) is 4.49. The summed E-state index contributed by atoms with van der Waals surface area (Å²) >= 11 is 6.02. The summed E-state index contributed by atoms with van der Waals surface area (Å²) in [6, 6.07) is 23.8. The average molecular weight is 376 g/mol. The van der Waals surface area contributed by atoms with Gasteiger partial charge in [0.1, 0.15) is 5.69 Å². The maximum absolute atomic E-state index is 10.9. The molecule has 0 fully saturated rings. The minimum atomic E-state index is -0.415. The SMILES string of the molecule is O=[N+]([O-])c1ccc(-n2cc(-c3ccc(Cl)cc3)c(-c3ccccc3)n2)cc1. The topological polar surface area (TPSA) is 61.0 Å². The number of nitro benzene ring substituents is 1. The average Bonchev–Trinajstić information content (AvgIpc) is 3.15. The number of rotatable bonds is 4. The van der Waals surface area contributed by atoms with E-state index < -0.39 is 4.92 Å². The fourth-order valence-corrected chi connectivity index (χ4v) is 3.01. The lowest BCUT2D eigenvalue weighted by atomic mass is 10.0. The van der Waals surface area contributed by atoms with E-state index in [0.717, 1.165) is 28.1 Å². The van der Waals surface area contributed by atoms with E-state index in [1.54, 1.807) is 16.8 Å². The first-order chi connectivity index (χ1) is 13.1. The number of hydrogen-bond acceptors (Lipinski definition) is 3. The van der Waals surface area contributed by atoms with Crippen LogP contribution in [0.4, 0.5) is 5.69 Å². The lowest BCUT2D eigenvalue weighted by Crippen LogP contribution is -1.95. The molecule has 4 aromatic rings. The molecule has 0 unspecified atom stereocenters. The van der Waals surface area contributed by atoms with Gasteiger partial charge in [-0.25, -0.2) is 4.68 Å². The molecular formula is C21H14ClN3O2. The van der Waals surface area contributed by atoms with Crippen molar-refractivity contribution in [2.24, 2.45) is 0 Å². The molecule has 0 bridgehead atoms. The van der Waals surface area contributed by atoms with Gasteiger partial charge in [-0.2, -0.15) is 5.10 Å². The maximum Gasteiger partial charge on any atom is 0.269 e. The molecule has 4 rings (SSSR count). The normalized spacial score (nSPS) is 10.7. The van der Waals surface area contributed by atoms with Crippen LogP contribution in [0.5, 0.6) is 0 Å². The molecule has 0 radical (unpaired) electrons. The van der Waals surface area contributed by atoms with Crippen molar-refractivity contribution in [2.75, 3.05) is 0 Å². The summed E-state index contributed by atoms with van der Waals surface area (Å²) in [5.41, 5.74) is 4.56. The standard InChI is InChI=1S/C21H14ClN3O2/c22-17-8-6-15(7-9-17)20-14-24(18-10-12-19(13-11-18)25(26)27)23-21(20)16-4-2-1-3-5-16/h1-14H. The van der Waals surface area contributed by atoms with Crippen LogP contribution in [0.1, 0.15) is 0 Å². The largest absolute Gasteiger partial charge is 0.269 e. The summed E-state index contributed by atoms with van der Waals surface area (Å²) in [5.74, 6) is 0. The molecule has 0 amide bonds. The number of nitrogens with zero attached hydrogens (tertiary/aromatic N) is 3. The summed E-state index contributed by atoms with van der Waals surface area (Å²) in [5, 5.41) is 16.3. The summed E-state index contributed by atoms with van der Waals surface area (Å²) in [6.45, 7) is 0. The lowest BCUT2D eigenvalue weighted by molar-refractivity contribution is -0.384. The maximum atomic E-state index is 10.9. The molecule has 0 saturated carbocycles. The van der Waals surface area contributed by atoms with Gasteiger partial charge >= 0.3 is 0 Å². The first-order valence-corrected chi connectivity index (χ1v) is 8.65. The van der Waals surface area contributed by atoms with Crippen molar-refractivity contribution in [3.63, 3.8) is 0 Å². The molecule has 0 spiro atoms. The number of halogens is 1. The Kier molecular flexibility index (Phi) is 4.44. The van der Waals surface area contributed by atoms with Crippen molar-refractivity contribution in [1.82, 2.24) is 9.78 Å². The Morgan fingerprint density at radius 1 is 0.852 bits per heavy atom. The van der Waals surface area contributed by atoms with Gasteiger partial charge in [-0.05, 0) is 29.8 Å². The van der Waals surface area contributed by atoms with E-state index in [2.05, 4.69) is 0 Å². The van der Waals surface area contributed by atoms with Crippen molar-refractivity contribution < 1.29 is 4.92 Å². The third-order valence-electron chi connectivity index (χ3n) is 4.24. The number of non-ortho nitro benzene ring substituents is 1. The van der Waals surface area contributed by atoms with Crippen molar-refractivity contribution in [3.8, 4) is 28.1 Å². The minimum absolute atomic E-state index is 0.0483. The predicted octanol–water partition coefficient (Wildman–Crippen LogP) is 5.77. The second-order valence-corrected chi connectivity index (χ2v) is 6.42. The Morgan fingerprint density at radius 3 is 2.15 bits per heavy atom. The van der Waals surface area contributed by atoms with Crippen LogP contribution < -0.4 is 0 Å². The molecule has 132 valence electrons. The van der Waals surface area contributed by atoms with Crippen molar-refractivity contribution in [1.29, 1.82) is 0 Å². The fourth-order valence-electron chi connectivity index (χ4n) is 2.88. The van der Waals surface area contributed by atoms with Crippen LogP contribution in [0, 0.1) is 10.1 Å². The number of nitro groups is 1. The van der Waals surface area contributed by atoms with E-state index in [4.69, 9.17) is 16.7 Å². The van der Waals surface area contributed by atoms with Gasteiger partial charge in [0.15, 0.2) is 0 Å². The van der Waals surface area contributed by atoms with E-state index in [1.807, 2.05) is 60.8 Å². The van der Waals surface area contributed by atoms with Crippen molar-refractivity contribution in [3.05, 3.63) is 100 Å². The van der Waals surface area contributed by atoms with E-state index in [9.17, 15) is 10.1 Å². The summed E-state index contributed by atoms with van der Waals surface area (Å²) in [7, 11) is 0. The van der Waals surface area contributed by atoms with E-state index in [0.29, 0.717) is 5.02 Å². The predicted molar refractivity (Wildman–Crippen MR) is 106 cm³/mol. The van der Waals surface area contributed by atoms with Crippen LogP contribution in [0.3, 0.4) is 0 Å². The van der Waals surface area contributed by atoms with Gasteiger partial charge in [0, 0.05) is 34.5 Å². The molecule has 1 aromatic heterocycles. The first-order valence-electron chi connectivity index (χ1n) is 8.28. The first kappa shape index (κ1) is 17.0. The van der Waals surface area contributed by atoms with Gasteiger partial charge in [-0.3, -0.25) is 10.1 Å². The number of aromatic nitrogens is 2. The molecule has 0 saturated heterocycles. The molecule has 5 nitrogen and oxygen atoms in total. The highest BCUT2D eigenvalue weighted by molar-refractivity contribution is 6.30. The van der Waals surface area contributed by atoms with E-state index in [-0.39, 0.29) is 5.69 Å². The molecule has 0 atom stereocenters. The van der Waals surface area contributed by atoms with Crippen LogP contribution in [-0.4, -0.2) is 14.7 Å². The monoisotopic (exact) mass is 375 g/mol. The van der Waals surface area contributed by atoms with Crippen LogP contribution in [0.2, 0.25) is 5.02 Å². The zero-order valence-electron chi connectivity index (χ0n) is 14.1. The molecule has 3 aromatic carbocycles. The zero-order chi connectivity index (χ0) is 18.8. The highest BCUT2D eigenvalue weighted by Gasteiger charge is 2.14. The smallest absolute Gasteiger partial charge is 0.258 e. The molecule has 0 aliphatic carbocycles. The zero-order valence-corrected chi connectivity index (χ0v) is 14.9. The van der Waals surface area contributed by atoms with Crippen molar-refractivity contribution >= 4 is 17.3 Å². The Hall–Kier alpha value is -3.44. The van der Waals surface area contributed by atoms with E-state index in [1.165, 1.54) is 12.1 Å². The van der Waals surface area contributed by atoms with E-state index >= 15 is 0 Å². The number of benzene rings is 3. The second kappa shape index (κ2) is 7.05. The molecule has 6 heteroatoms. The highest BCUT2D eigenvalue weighted by Crippen LogP contribution is 2.32. The van der Waals surface area contributed by atoms with Gasteiger partial charge in [0.05, 0.1) is 10.6 Å². The van der Waals surface area contributed by atoms with Gasteiger partial charge in [0.25, 0.3) is 5.69 Å². The molecule has 0 aliphatic rings. The third kappa shape index (κ3) is 3.45. The van der Waals surface area contributed by atoms with Crippen LogP contribution in [0.15, 0.2) is 85.1 Å². The second-order valence-electron chi connectivity index (χ2n) is 5.98. The quantitative estimate of drug-likeness (QED) is 0.336. The Labute approximate surface area is 160 Å². The summed E-state index contributed by atoms with van der Waals surface area (Å²) in [4.78, 5) is 10.5. The molecule has 1 heterocycles. The fraction of sp³-hybridized carbons (Fsp3) is 0. The lowest BCUT2D eigenvalue weighted by Gasteiger charge is -2.02. The molecule has 0 aliphatic heterocycles. The Bertz CT molecular complexity index is 1090. The van der Waals surface area contributed by atoms with Gasteiger partial charge < -0.3 is 0 Å². The summed E-state index contributed by atoms with van der Waals surface area (Å²) < 4.78 is 1.73. The van der Waals surface area contributed by atoms with Crippen LogP contribution in [-0.2, 0) is 0 Å². The molecule has 0 N–H and O–H groups in total. The van der Waals surface area contributed by atoms with Crippen LogP contribution in [0.25, 0.3) is 28.1 Å². The Balaban J connectivity index is 1.84. The number of hydrogen-bond donors (Lipinski definition) is 0. The van der Waals surface area contributed by atoms with Gasteiger partial charge in [-0.1, -0.05) is 54.1 Å². The molecule has 27 heavy (non-hydrogen) atoms. The van der Waals surface area contributed by atoms with Gasteiger partial charge in [0.2, 0.25) is 0 Å². The van der Waals surface area contributed by atoms with Crippen molar-refractivity contribution in [2.45, 2.75) is 0 Å².